The molecule has 0 aromatic rings. The van der Waals surface area contributed by atoms with E-state index in [0.29, 0.717) is 38.3 Å². The van der Waals surface area contributed by atoms with Crippen LogP contribution < -0.4 is 0 Å². The third-order valence-electron chi connectivity index (χ3n) is 2.52. The zero-order chi connectivity index (χ0) is 14.7. The highest BCUT2D eigenvalue weighted by atomic mass is 16.5. The highest BCUT2D eigenvalue weighted by Gasteiger charge is 2.15. The molecule has 0 atom stereocenters. The molecule has 0 aliphatic heterocycles. The summed E-state index contributed by atoms with van der Waals surface area (Å²) in [7, 11) is 1.52. The number of Topliss-reactive ketones (excluding diaryl/α,β-unsaturated/α-hetero) is 2. The zero-order valence-corrected chi connectivity index (χ0v) is 12.8. The quantitative estimate of drug-likeness (QED) is 0.543. The highest BCUT2D eigenvalue weighted by Crippen LogP contribution is 2.19. The van der Waals surface area contributed by atoms with Gasteiger partial charge in [-0.2, -0.15) is 0 Å². The minimum absolute atomic E-state index is 0.0691. The molecule has 0 rings (SSSR count). The normalized spacial score (nSPS) is 11.6. The molecule has 0 aromatic carbocycles. The fourth-order valence-corrected chi connectivity index (χ4v) is 1.76. The smallest absolute Gasteiger partial charge is 0.158 e. The second-order valence-corrected chi connectivity index (χ2v) is 6.07. The minimum atomic E-state index is 0.0691. The van der Waals surface area contributed by atoms with E-state index >= 15 is 0 Å². The lowest BCUT2D eigenvalue weighted by Crippen LogP contribution is -2.13. The van der Waals surface area contributed by atoms with Gasteiger partial charge in [0, 0.05) is 39.6 Å². The van der Waals surface area contributed by atoms with Crippen molar-refractivity contribution in [2.45, 2.75) is 52.9 Å². The summed E-state index contributed by atoms with van der Waals surface area (Å²) in [6.07, 6.45) is 3.19. The lowest BCUT2D eigenvalue weighted by molar-refractivity contribution is -0.123. The number of hydrogen-bond donors (Lipinski definition) is 0. The van der Waals surface area contributed by atoms with Gasteiger partial charge in [-0.1, -0.05) is 20.8 Å². The number of methoxy groups -OCH3 is 1. The van der Waals surface area contributed by atoms with Crippen LogP contribution in [0.3, 0.4) is 0 Å². The maximum Gasteiger partial charge on any atom is 0.158 e. The molecular formula is C15H28O4. The molecule has 0 saturated heterocycles. The molecule has 19 heavy (non-hydrogen) atoms. The van der Waals surface area contributed by atoms with Crippen LogP contribution in [0.5, 0.6) is 0 Å². The maximum absolute atomic E-state index is 11.6. The predicted molar refractivity (Wildman–Crippen MR) is 75.2 cm³/mol. The molecule has 4 nitrogen and oxygen atoms in total. The first-order valence-electron chi connectivity index (χ1n) is 6.95. The SMILES string of the molecule is COCC(=O)CCCOCCCC(=O)CC(C)(C)C. The molecule has 0 aliphatic rings. The molecule has 0 radical (unpaired) electrons. The van der Waals surface area contributed by atoms with E-state index in [4.69, 9.17) is 9.47 Å². The lowest BCUT2D eigenvalue weighted by Gasteiger charge is -2.16. The average Bonchev–Trinajstić information content (AvgIpc) is 2.25. The van der Waals surface area contributed by atoms with E-state index in [1.54, 1.807) is 0 Å². The minimum Gasteiger partial charge on any atom is -0.381 e. The topological polar surface area (TPSA) is 52.6 Å². The summed E-state index contributed by atoms with van der Waals surface area (Å²) in [5.41, 5.74) is 0.0691. The number of ether oxygens (including phenoxy) is 2. The number of ketones is 2. The van der Waals surface area contributed by atoms with E-state index in [1.807, 2.05) is 0 Å². The van der Waals surface area contributed by atoms with E-state index in [9.17, 15) is 9.59 Å². The summed E-state index contributed by atoms with van der Waals surface area (Å²) in [6.45, 7) is 7.55. The molecule has 0 spiro atoms. The summed E-state index contributed by atoms with van der Waals surface area (Å²) in [5, 5.41) is 0. The van der Waals surface area contributed by atoms with Gasteiger partial charge in [0.15, 0.2) is 5.78 Å². The summed E-state index contributed by atoms with van der Waals surface area (Å²) >= 11 is 0. The van der Waals surface area contributed by atoms with Crippen LogP contribution in [0.15, 0.2) is 0 Å². The van der Waals surface area contributed by atoms with Gasteiger partial charge in [-0.15, -0.1) is 0 Å². The van der Waals surface area contributed by atoms with Gasteiger partial charge in [-0.25, -0.2) is 0 Å². The van der Waals surface area contributed by atoms with Crippen LogP contribution in [0.1, 0.15) is 52.9 Å². The Morgan fingerprint density at radius 2 is 1.47 bits per heavy atom. The first-order valence-corrected chi connectivity index (χ1v) is 6.95. The van der Waals surface area contributed by atoms with Crippen LogP contribution >= 0.6 is 0 Å². The molecule has 0 amide bonds. The molecule has 0 aliphatic carbocycles. The standard InChI is InChI=1S/C15H28O4/c1-15(2,3)11-13(16)7-5-9-19-10-6-8-14(17)12-18-4/h5-12H2,1-4H3. The fraction of sp³-hybridized carbons (Fsp3) is 0.867. The third kappa shape index (κ3) is 13.5. The Hall–Kier alpha value is -0.740. The number of rotatable bonds is 11. The summed E-state index contributed by atoms with van der Waals surface area (Å²) in [6, 6.07) is 0. The molecule has 0 N–H and O–H groups in total. The second kappa shape index (κ2) is 10.1. The average molecular weight is 272 g/mol. The summed E-state index contributed by atoms with van der Waals surface area (Å²) in [4.78, 5) is 22.7. The van der Waals surface area contributed by atoms with Crippen molar-refractivity contribution in [3.8, 4) is 0 Å². The first-order chi connectivity index (χ1) is 8.85. The van der Waals surface area contributed by atoms with Crippen molar-refractivity contribution in [2.24, 2.45) is 5.41 Å². The van der Waals surface area contributed by atoms with Crippen molar-refractivity contribution in [3.05, 3.63) is 0 Å². The summed E-state index contributed by atoms with van der Waals surface area (Å²) < 4.78 is 10.1. The van der Waals surface area contributed by atoms with Crippen LogP contribution in [0.4, 0.5) is 0 Å². The Labute approximate surface area is 116 Å². The molecule has 0 heterocycles. The van der Waals surface area contributed by atoms with E-state index in [0.717, 1.165) is 12.8 Å². The van der Waals surface area contributed by atoms with Gasteiger partial charge in [-0.05, 0) is 18.3 Å². The van der Waals surface area contributed by atoms with Crippen LogP contribution in [0.2, 0.25) is 0 Å². The van der Waals surface area contributed by atoms with Crippen molar-refractivity contribution in [1.82, 2.24) is 0 Å². The van der Waals surface area contributed by atoms with Crippen molar-refractivity contribution >= 4 is 11.6 Å². The molecular weight excluding hydrogens is 244 g/mol. The van der Waals surface area contributed by atoms with Crippen molar-refractivity contribution in [3.63, 3.8) is 0 Å². The van der Waals surface area contributed by atoms with Crippen molar-refractivity contribution in [1.29, 1.82) is 0 Å². The second-order valence-electron chi connectivity index (χ2n) is 6.07. The van der Waals surface area contributed by atoms with Crippen LogP contribution in [-0.4, -0.2) is 38.5 Å². The van der Waals surface area contributed by atoms with E-state index in [1.165, 1.54) is 7.11 Å². The Morgan fingerprint density at radius 3 is 1.95 bits per heavy atom. The lowest BCUT2D eigenvalue weighted by atomic mass is 9.89. The zero-order valence-electron chi connectivity index (χ0n) is 12.8. The summed E-state index contributed by atoms with van der Waals surface area (Å²) in [5.74, 6) is 0.401. The van der Waals surface area contributed by atoms with Crippen LogP contribution in [-0.2, 0) is 19.1 Å². The van der Waals surface area contributed by atoms with Gasteiger partial charge in [0.25, 0.3) is 0 Å². The van der Waals surface area contributed by atoms with E-state index in [2.05, 4.69) is 20.8 Å². The van der Waals surface area contributed by atoms with Gasteiger partial charge in [0.2, 0.25) is 0 Å². The molecule has 4 heteroatoms. The molecule has 0 unspecified atom stereocenters. The maximum atomic E-state index is 11.6. The first kappa shape index (κ1) is 18.3. The molecule has 112 valence electrons. The third-order valence-corrected chi connectivity index (χ3v) is 2.52. The van der Waals surface area contributed by atoms with Crippen LogP contribution in [0, 0.1) is 5.41 Å². The molecule has 0 aromatic heterocycles. The molecule has 0 fully saturated rings. The predicted octanol–water partition coefficient (Wildman–Crippen LogP) is 2.78. The van der Waals surface area contributed by atoms with Gasteiger partial charge < -0.3 is 9.47 Å². The van der Waals surface area contributed by atoms with Gasteiger partial charge >= 0.3 is 0 Å². The van der Waals surface area contributed by atoms with Gasteiger partial charge in [0.1, 0.15) is 12.4 Å². The fourth-order valence-electron chi connectivity index (χ4n) is 1.76. The monoisotopic (exact) mass is 272 g/mol. The number of hydrogen-bond acceptors (Lipinski definition) is 4. The van der Waals surface area contributed by atoms with Crippen molar-refractivity contribution < 1.29 is 19.1 Å². The van der Waals surface area contributed by atoms with E-state index in [-0.39, 0.29) is 17.8 Å². The van der Waals surface area contributed by atoms with Gasteiger partial charge in [0.05, 0.1) is 0 Å². The van der Waals surface area contributed by atoms with Crippen LogP contribution in [0.25, 0.3) is 0 Å². The molecule has 0 saturated carbocycles. The van der Waals surface area contributed by atoms with E-state index < -0.39 is 0 Å². The largest absolute Gasteiger partial charge is 0.381 e. The Morgan fingerprint density at radius 1 is 0.947 bits per heavy atom. The number of carbonyl (C=O) groups is 2. The Balaban J connectivity index is 3.36. The highest BCUT2D eigenvalue weighted by molar-refractivity contribution is 5.79. The van der Waals surface area contributed by atoms with Gasteiger partial charge in [-0.3, -0.25) is 9.59 Å². The number of carbonyl (C=O) groups excluding carboxylic acids is 2. The Kier molecular flexibility index (Phi) is 9.70. The molecule has 0 bridgehead atoms. The van der Waals surface area contributed by atoms with Crippen molar-refractivity contribution in [2.75, 3.05) is 26.9 Å². The Bertz CT molecular complexity index is 266.